The standard InChI is InChI=1S/C39H32N2O2/c1-27-12-18-32(19-13-27)41(33-20-14-28(2)15-21-33)34-22-16-29(17-23-34)31-24-37(35-9-5-4-8-30(35)26-42)40-38(25-31)36-10-6-7-11-39(36)43-3/h4-26H,1-3H3. The summed E-state index contributed by atoms with van der Waals surface area (Å²) in [6, 6.07) is 45.3. The number of nitrogens with zero attached hydrogens (tertiary/aromatic N) is 2. The molecule has 0 aliphatic rings. The van der Waals surface area contributed by atoms with Gasteiger partial charge in [0.05, 0.1) is 18.5 Å². The minimum atomic E-state index is 0.598. The Morgan fingerprint density at radius 1 is 0.581 bits per heavy atom. The van der Waals surface area contributed by atoms with Gasteiger partial charge >= 0.3 is 0 Å². The molecular weight excluding hydrogens is 528 g/mol. The number of hydrogen-bond acceptors (Lipinski definition) is 4. The van der Waals surface area contributed by atoms with Crippen LogP contribution < -0.4 is 9.64 Å². The van der Waals surface area contributed by atoms with Crippen molar-refractivity contribution >= 4 is 23.3 Å². The monoisotopic (exact) mass is 560 g/mol. The van der Waals surface area contributed by atoms with Crippen LogP contribution in [0.3, 0.4) is 0 Å². The molecule has 0 unspecified atom stereocenters. The molecule has 210 valence electrons. The number of aryl methyl sites for hydroxylation is 2. The highest BCUT2D eigenvalue weighted by Crippen LogP contribution is 2.38. The van der Waals surface area contributed by atoms with E-state index >= 15 is 0 Å². The smallest absolute Gasteiger partial charge is 0.150 e. The van der Waals surface area contributed by atoms with Crippen molar-refractivity contribution in [3.05, 3.63) is 150 Å². The van der Waals surface area contributed by atoms with Crippen molar-refractivity contribution < 1.29 is 9.53 Å². The van der Waals surface area contributed by atoms with Gasteiger partial charge in [0, 0.05) is 33.8 Å². The zero-order valence-corrected chi connectivity index (χ0v) is 24.5. The Balaban J connectivity index is 1.47. The van der Waals surface area contributed by atoms with Gasteiger partial charge in [-0.3, -0.25) is 4.79 Å². The van der Waals surface area contributed by atoms with Gasteiger partial charge in [-0.25, -0.2) is 4.98 Å². The number of rotatable bonds is 8. The van der Waals surface area contributed by atoms with Gasteiger partial charge in [0.1, 0.15) is 5.75 Å². The Kier molecular flexibility index (Phi) is 7.84. The highest BCUT2D eigenvalue weighted by molar-refractivity contribution is 5.89. The van der Waals surface area contributed by atoms with Crippen molar-refractivity contribution in [2.75, 3.05) is 12.0 Å². The number of aromatic nitrogens is 1. The lowest BCUT2D eigenvalue weighted by Crippen LogP contribution is -2.09. The van der Waals surface area contributed by atoms with Crippen LogP contribution in [-0.2, 0) is 0 Å². The fourth-order valence-corrected chi connectivity index (χ4v) is 5.30. The lowest BCUT2D eigenvalue weighted by molar-refractivity contribution is 0.112. The number of benzene rings is 5. The van der Waals surface area contributed by atoms with E-state index in [9.17, 15) is 4.79 Å². The molecule has 0 spiro atoms. The second kappa shape index (κ2) is 12.2. The molecule has 0 amide bonds. The summed E-state index contributed by atoms with van der Waals surface area (Å²) in [4.78, 5) is 19.2. The van der Waals surface area contributed by atoms with Crippen LogP contribution in [0.1, 0.15) is 21.5 Å². The number of hydrogen-bond donors (Lipinski definition) is 0. The summed E-state index contributed by atoms with van der Waals surface area (Å²) < 4.78 is 5.67. The summed E-state index contributed by atoms with van der Waals surface area (Å²) in [6.07, 6.45) is 0.881. The molecular formula is C39H32N2O2. The number of carbonyl (C=O) groups excluding carboxylic acids is 1. The van der Waals surface area contributed by atoms with Crippen LogP contribution in [0.2, 0.25) is 0 Å². The minimum Gasteiger partial charge on any atom is -0.496 e. The normalized spacial score (nSPS) is 10.8. The van der Waals surface area contributed by atoms with Gasteiger partial charge in [-0.1, -0.05) is 83.9 Å². The molecule has 0 radical (unpaired) electrons. The predicted octanol–water partition coefficient (Wildman–Crippen LogP) is 9.99. The second-order valence-electron chi connectivity index (χ2n) is 10.6. The molecule has 0 saturated heterocycles. The Bertz CT molecular complexity index is 1830. The Morgan fingerprint density at radius 2 is 1.07 bits per heavy atom. The first kappa shape index (κ1) is 27.7. The second-order valence-corrected chi connectivity index (χ2v) is 10.6. The van der Waals surface area contributed by atoms with E-state index in [1.165, 1.54) is 11.1 Å². The molecule has 0 N–H and O–H groups in total. The van der Waals surface area contributed by atoms with Crippen LogP contribution in [0.5, 0.6) is 5.75 Å². The first-order valence-electron chi connectivity index (χ1n) is 14.3. The number of ether oxygens (including phenoxy) is 1. The third-order valence-corrected chi connectivity index (χ3v) is 7.62. The van der Waals surface area contributed by atoms with Crippen molar-refractivity contribution in [3.63, 3.8) is 0 Å². The average Bonchev–Trinajstić information content (AvgIpc) is 3.06. The molecule has 1 heterocycles. The molecule has 1 aromatic heterocycles. The molecule has 0 fully saturated rings. The Morgan fingerprint density at radius 3 is 1.63 bits per heavy atom. The van der Waals surface area contributed by atoms with E-state index < -0.39 is 0 Å². The topological polar surface area (TPSA) is 42.4 Å². The van der Waals surface area contributed by atoms with Crippen molar-refractivity contribution in [3.8, 4) is 39.4 Å². The number of pyridine rings is 1. The number of para-hydroxylation sites is 1. The summed E-state index contributed by atoms with van der Waals surface area (Å²) in [5.74, 6) is 0.740. The summed E-state index contributed by atoms with van der Waals surface area (Å²) in [6.45, 7) is 4.20. The van der Waals surface area contributed by atoms with Crippen LogP contribution >= 0.6 is 0 Å². The van der Waals surface area contributed by atoms with E-state index in [0.29, 0.717) is 5.56 Å². The molecule has 0 atom stereocenters. The molecule has 0 aliphatic carbocycles. The summed E-state index contributed by atoms with van der Waals surface area (Å²) in [5, 5.41) is 0. The van der Waals surface area contributed by atoms with E-state index in [4.69, 9.17) is 9.72 Å². The summed E-state index contributed by atoms with van der Waals surface area (Å²) in [5.41, 5.74) is 11.5. The van der Waals surface area contributed by atoms with Gasteiger partial charge in [0.25, 0.3) is 0 Å². The highest BCUT2D eigenvalue weighted by atomic mass is 16.5. The lowest BCUT2D eigenvalue weighted by atomic mass is 9.97. The van der Waals surface area contributed by atoms with E-state index in [1.54, 1.807) is 7.11 Å². The number of methoxy groups -OCH3 is 1. The number of anilines is 3. The molecule has 43 heavy (non-hydrogen) atoms. The summed E-state index contributed by atoms with van der Waals surface area (Å²) in [7, 11) is 1.66. The first-order valence-corrected chi connectivity index (χ1v) is 14.3. The van der Waals surface area contributed by atoms with Crippen molar-refractivity contribution in [2.24, 2.45) is 0 Å². The maximum absolute atomic E-state index is 11.9. The Hall–Kier alpha value is -5.48. The van der Waals surface area contributed by atoms with Gasteiger partial charge in [0.2, 0.25) is 0 Å². The summed E-state index contributed by atoms with van der Waals surface area (Å²) >= 11 is 0. The highest BCUT2D eigenvalue weighted by Gasteiger charge is 2.16. The molecule has 0 bridgehead atoms. The van der Waals surface area contributed by atoms with E-state index in [2.05, 4.69) is 97.6 Å². The van der Waals surface area contributed by atoms with Crippen LogP contribution in [-0.4, -0.2) is 18.4 Å². The largest absolute Gasteiger partial charge is 0.496 e. The van der Waals surface area contributed by atoms with E-state index in [0.717, 1.165) is 62.7 Å². The molecule has 4 nitrogen and oxygen atoms in total. The van der Waals surface area contributed by atoms with Crippen molar-refractivity contribution in [1.29, 1.82) is 0 Å². The lowest BCUT2D eigenvalue weighted by Gasteiger charge is -2.26. The third kappa shape index (κ3) is 5.81. The third-order valence-electron chi connectivity index (χ3n) is 7.62. The van der Waals surface area contributed by atoms with Crippen LogP contribution in [0.4, 0.5) is 17.1 Å². The maximum atomic E-state index is 11.9. The molecule has 6 aromatic rings. The SMILES string of the molecule is COc1ccccc1-c1cc(-c2ccc(N(c3ccc(C)cc3)c3ccc(C)cc3)cc2)cc(-c2ccccc2C=O)n1. The minimum absolute atomic E-state index is 0.598. The quantitative estimate of drug-likeness (QED) is 0.174. The fourth-order valence-electron chi connectivity index (χ4n) is 5.30. The molecule has 6 rings (SSSR count). The molecule has 0 aliphatic heterocycles. The van der Waals surface area contributed by atoms with Gasteiger partial charge in [-0.05, 0) is 85.6 Å². The van der Waals surface area contributed by atoms with Gasteiger partial charge in [-0.2, -0.15) is 0 Å². The van der Waals surface area contributed by atoms with Gasteiger partial charge in [-0.15, -0.1) is 0 Å². The van der Waals surface area contributed by atoms with E-state index in [-0.39, 0.29) is 0 Å². The van der Waals surface area contributed by atoms with Crippen LogP contribution in [0, 0.1) is 13.8 Å². The zero-order chi connectivity index (χ0) is 29.8. The maximum Gasteiger partial charge on any atom is 0.150 e. The van der Waals surface area contributed by atoms with Gasteiger partial charge in [0.15, 0.2) is 6.29 Å². The van der Waals surface area contributed by atoms with Crippen molar-refractivity contribution in [1.82, 2.24) is 4.98 Å². The van der Waals surface area contributed by atoms with Crippen molar-refractivity contribution in [2.45, 2.75) is 13.8 Å². The first-order chi connectivity index (χ1) is 21.0. The number of aldehydes is 1. The number of carbonyl (C=O) groups is 1. The van der Waals surface area contributed by atoms with Gasteiger partial charge < -0.3 is 9.64 Å². The molecule has 4 heteroatoms. The van der Waals surface area contributed by atoms with E-state index in [1.807, 2.05) is 54.6 Å². The zero-order valence-electron chi connectivity index (χ0n) is 24.5. The van der Waals surface area contributed by atoms with Crippen LogP contribution in [0.25, 0.3) is 33.6 Å². The predicted molar refractivity (Wildman–Crippen MR) is 177 cm³/mol. The fraction of sp³-hybridized carbons (Fsp3) is 0.0769. The molecule has 5 aromatic carbocycles. The average molecular weight is 561 g/mol. The van der Waals surface area contributed by atoms with Crippen LogP contribution in [0.15, 0.2) is 133 Å². The molecule has 0 saturated carbocycles. The Labute approximate surface area is 252 Å².